The SMILES string of the molecule is C[C@H]1CCCN(C(=O)c2ccc3c(N4CCN(C)C(=N)C4)cccc3c2)C1.O=CNCC(F)F. The fourth-order valence-electron chi connectivity index (χ4n) is 4.36. The maximum absolute atomic E-state index is 12.9. The zero-order valence-electron chi connectivity index (χ0n) is 19.8. The molecule has 2 amide bonds. The van der Waals surface area contributed by atoms with Crippen molar-refractivity contribution in [3.05, 3.63) is 42.0 Å². The first-order valence-electron chi connectivity index (χ1n) is 11.6. The predicted octanol–water partition coefficient (Wildman–Crippen LogP) is 3.44. The van der Waals surface area contributed by atoms with Gasteiger partial charge >= 0.3 is 0 Å². The van der Waals surface area contributed by atoms with Crippen molar-refractivity contribution in [1.82, 2.24) is 15.1 Å². The second kappa shape index (κ2) is 11.8. The monoisotopic (exact) mass is 473 g/mol. The average Bonchev–Trinajstić information content (AvgIpc) is 2.83. The smallest absolute Gasteiger partial charge is 0.255 e. The van der Waals surface area contributed by atoms with Crippen LogP contribution in [-0.4, -0.2) is 80.7 Å². The van der Waals surface area contributed by atoms with Crippen molar-refractivity contribution < 1.29 is 18.4 Å². The molecule has 2 aliphatic heterocycles. The Morgan fingerprint density at radius 2 is 2.03 bits per heavy atom. The summed E-state index contributed by atoms with van der Waals surface area (Å²) in [5.41, 5.74) is 1.93. The van der Waals surface area contributed by atoms with Crippen molar-refractivity contribution in [2.24, 2.45) is 5.92 Å². The molecule has 0 bridgehead atoms. The van der Waals surface area contributed by atoms with E-state index in [9.17, 15) is 18.4 Å². The number of carbonyl (C=O) groups excluding carboxylic acids is 2. The number of piperidine rings is 1. The van der Waals surface area contributed by atoms with E-state index >= 15 is 0 Å². The van der Waals surface area contributed by atoms with Crippen molar-refractivity contribution in [2.75, 3.05) is 51.2 Å². The lowest BCUT2D eigenvalue weighted by Gasteiger charge is -2.36. The zero-order valence-corrected chi connectivity index (χ0v) is 19.8. The second-order valence-electron chi connectivity index (χ2n) is 8.92. The molecule has 2 aliphatic rings. The highest BCUT2D eigenvalue weighted by molar-refractivity contribution is 6.02. The Bertz CT molecular complexity index is 1020. The number of amidine groups is 1. The Labute approximate surface area is 199 Å². The van der Waals surface area contributed by atoms with Gasteiger partial charge in [0, 0.05) is 49.9 Å². The third-order valence-electron chi connectivity index (χ3n) is 6.25. The molecule has 184 valence electrons. The van der Waals surface area contributed by atoms with Crippen LogP contribution in [0.1, 0.15) is 30.1 Å². The predicted molar refractivity (Wildman–Crippen MR) is 131 cm³/mol. The third-order valence-corrected chi connectivity index (χ3v) is 6.25. The summed E-state index contributed by atoms with van der Waals surface area (Å²) in [5, 5.41) is 12.2. The van der Waals surface area contributed by atoms with Crippen molar-refractivity contribution in [3.8, 4) is 0 Å². The van der Waals surface area contributed by atoms with Crippen LogP contribution in [0, 0.1) is 11.3 Å². The molecule has 0 spiro atoms. The lowest BCUT2D eigenvalue weighted by molar-refractivity contribution is -0.110. The summed E-state index contributed by atoms with van der Waals surface area (Å²) in [6.07, 6.45) is 0.113. The fraction of sp³-hybridized carbons (Fsp3) is 0.480. The van der Waals surface area contributed by atoms with E-state index in [0.29, 0.717) is 18.3 Å². The van der Waals surface area contributed by atoms with Crippen molar-refractivity contribution in [1.29, 1.82) is 5.41 Å². The number of nitrogens with one attached hydrogen (secondary N) is 2. The van der Waals surface area contributed by atoms with Crippen LogP contribution < -0.4 is 10.2 Å². The van der Waals surface area contributed by atoms with Crippen LogP contribution in [0.25, 0.3) is 10.8 Å². The zero-order chi connectivity index (χ0) is 24.7. The molecular weight excluding hydrogens is 440 g/mol. The number of amides is 2. The molecule has 2 saturated heterocycles. The average molecular weight is 474 g/mol. The van der Waals surface area contributed by atoms with Gasteiger partial charge in [-0.2, -0.15) is 0 Å². The molecule has 0 aromatic heterocycles. The Morgan fingerprint density at radius 3 is 2.68 bits per heavy atom. The van der Waals surface area contributed by atoms with E-state index in [2.05, 4.69) is 36.1 Å². The minimum Gasteiger partial charge on any atom is -0.362 e. The van der Waals surface area contributed by atoms with E-state index in [1.165, 1.54) is 6.42 Å². The first-order valence-corrected chi connectivity index (χ1v) is 11.6. The van der Waals surface area contributed by atoms with Gasteiger partial charge in [-0.1, -0.05) is 25.1 Å². The lowest BCUT2D eigenvalue weighted by atomic mass is 9.98. The maximum Gasteiger partial charge on any atom is 0.255 e. The number of anilines is 1. The summed E-state index contributed by atoms with van der Waals surface area (Å²) in [6.45, 7) is 5.79. The standard InChI is InChI=1S/C22H28N4O.C3H5F2NO/c1-16-5-4-10-26(14-16)22(27)18-8-9-19-17(13-18)6-3-7-20(19)25-12-11-24(2)21(23)15-25;4-3(5)1-6-2-7/h3,6-9,13,16,23H,4-5,10-12,14-15H2,1-2H3;2-3H,1H2,(H,6,7)/t16-;/m0./s1. The van der Waals surface area contributed by atoms with Crippen LogP contribution in [-0.2, 0) is 4.79 Å². The highest BCUT2D eigenvalue weighted by Crippen LogP contribution is 2.29. The number of piperazine rings is 1. The number of rotatable bonds is 5. The van der Waals surface area contributed by atoms with Crippen LogP contribution in [0.4, 0.5) is 14.5 Å². The summed E-state index contributed by atoms with van der Waals surface area (Å²) < 4.78 is 22.0. The Balaban J connectivity index is 0.000000406. The number of benzene rings is 2. The molecule has 2 aromatic rings. The van der Waals surface area contributed by atoms with E-state index in [-0.39, 0.29) is 12.3 Å². The first-order chi connectivity index (χ1) is 16.3. The number of alkyl halides is 2. The molecule has 2 N–H and O–H groups in total. The molecule has 0 aliphatic carbocycles. The third kappa shape index (κ3) is 6.42. The fourth-order valence-corrected chi connectivity index (χ4v) is 4.36. The summed E-state index contributed by atoms with van der Waals surface area (Å²) in [6, 6.07) is 12.3. The van der Waals surface area contributed by atoms with Gasteiger partial charge in [-0.05, 0) is 42.3 Å². The molecule has 2 heterocycles. The van der Waals surface area contributed by atoms with Crippen molar-refractivity contribution in [2.45, 2.75) is 26.2 Å². The minimum absolute atomic E-state index is 0.148. The van der Waals surface area contributed by atoms with Gasteiger partial charge in [0.15, 0.2) is 0 Å². The minimum atomic E-state index is -2.44. The topological polar surface area (TPSA) is 79.7 Å². The van der Waals surface area contributed by atoms with Crippen molar-refractivity contribution >= 4 is 34.6 Å². The molecule has 2 fully saturated rings. The van der Waals surface area contributed by atoms with Gasteiger partial charge in [0.2, 0.25) is 6.41 Å². The number of fused-ring (bicyclic) bond motifs is 1. The summed E-state index contributed by atoms with van der Waals surface area (Å²) in [5.74, 6) is 1.38. The summed E-state index contributed by atoms with van der Waals surface area (Å²) >= 11 is 0. The molecule has 0 radical (unpaired) electrons. The van der Waals surface area contributed by atoms with E-state index in [1.54, 1.807) is 0 Å². The van der Waals surface area contributed by atoms with Gasteiger partial charge < -0.3 is 20.0 Å². The number of likely N-dealkylation sites (tertiary alicyclic amines) is 1. The largest absolute Gasteiger partial charge is 0.362 e. The number of nitrogens with zero attached hydrogens (tertiary/aromatic N) is 3. The summed E-state index contributed by atoms with van der Waals surface area (Å²) in [7, 11) is 1.97. The lowest BCUT2D eigenvalue weighted by Crippen LogP contribution is -2.48. The van der Waals surface area contributed by atoms with Gasteiger partial charge in [-0.3, -0.25) is 15.0 Å². The second-order valence-corrected chi connectivity index (χ2v) is 8.92. The van der Waals surface area contributed by atoms with E-state index < -0.39 is 13.0 Å². The molecular formula is C25H33F2N5O2. The van der Waals surface area contributed by atoms with Crippen LogP contribution in [0.5, 0.6) is 0 Å². The molecule has 0 saturated carbocycles. The summed E-state index contributed by atoms with van der Waals surface area (Å²) in [4.78, 5) is 28.5. The number of carbonyl (C=O) groups is 2. The molecule has 34 heavy (non-hydrogen) atoms. The normalized spacial score (nSPS) is 18.6. The molecule has 4 rings (SSSR count). The van der Waals surface area contributed by atoms with E-state index in [1.807, 2.05) is 34.3 Å². The molecule has 2 aromatic carbocycles. The Kier molecular flexibility index (Phi) is 8.79. The molecule has 7 nitrogen and oxygen atoms in total. The molecule has 1 atom stereocenters. The highest BCUT2D eigenvalue weighted by Gasteiger charge is 2.23. The highest BCUT2D eigenvalue weighted by atomic mass is 19.3. The quantitative estimate of drug-likeness (QED) is 0.652. The Hall–Kier alpha value is -3.23. The maximum atomic E-state index is 12.9. The van der Waals surface area contributed by atoms with E-state index in [4.69, 9.17) is 5.41 Å². The Morgan fingerprint density at radius 1 is 1.24 bits per heavy atom. The molecule has 9 heteroatoms. The molecule has 0 unspecified atom stereocenters. The van der Waals surface area contributed by atoms with E-state index in [0.717, 1.165) is 54.6 Å². The van der Waals surface area contributed by atoms with Gasteiger partial charge in [0.25, 0.3) is 12.3 Å². The van der Waals surface area contributed by atoms with Gasteiger partial charge in [-0.15, -0.1) is 0 Å². The number of hydrogen-bond acceptors (Lipinski definition) is 4. The first kappa shape index (κ1) is 25.4. The van der Waals surface area contributed by atoms with Gasteiger partial charge in [0.1, 0.15) is 5.84 Å². The number of likely N-dealkylation sites (N-methyl/N-ethyl adjacent to an activating group) is 1. The van der Waals surface area contributed by atoms with Gasteiger partial charge in [-0.25, -0.2) is 8.78 Å². The van der Waals surface area contributed by atoms with Gasteiger partial charge in [0.05, 0.1) is 13.1 Å². The number of halogens is 2. The van der Waals surface area contributed by atoms with Crippen molar-refractivity contribution in [3.63, 3.8) is 0 Å². The number of hydrogen-bond donors (Lipinski definition) is 2. The van der Waals surface area contributed by atoms with Crippen LogP contribution >= 0.6 is 0 Å². The van der Waals surface area contributed by atoms with Crippen LogP contribution in [0.2, 0.25) is 0 Å². The van der Waals surface area contributed by atoms with Crippen LogP contribution in [0.3, 0.4) is 0 Å². The van der Waals surface area contributed by atoms with Crippen LogP contribution in [0.15, 0.2) is 36.4 Å².